The fourth-order valence-corrected chi connectivity index (χ4v) is 7.46. The van der Waals surface area contributed by atoms with E-state index in [-0.39, 0.29) is 91.5 Å². The minimum absolute atomic E-state index is 0.0328. The standard InChI is InChI=1S/C37H67N5O8/c1-14-26-30(39-29-19-42(13)41-40-29)20(4)23(7)34(45-26)48-32-22(6)25(9)35(47-28(32)16-3)49-31-21(5)24(8)33(46-27(31)15-2)44-18-17-38-36(43)50-37(10,11)12/h19-28,30-35,39H,14-18H2,1-13H3,(H,38,43)/p-1. The van der Waals surface area contributed by atoms with Crippen LogP contribution in [0.4, 0.5) is 5.82 Å². The molecular weight excluding hydrogens is 642 g/mol. The van der Waals surface area contributed by atoms with Gasteiger partial charge in [-0.25, -0.2) is 0 Å². The molecule has 1 aromatic rings. The van der Waals surface area contributed by atoms with Gasteiger partial charge < -0.3 is 43.6 Å². The first-order chi connectivity index (χ1) is 23.6. The van der Waals surface area contributed by atoms with Crippen molar-refractivity contribution in [1.29, 1.82) is 0 Å². The van der Waals surface area contributed by atoms with Crippen LogP contribution in [0.1, 0.15) is 102 Å². The van der Waals surface area contributed by atoms with E-state index in [1.54, 1.807) is 4.68 Å². The van der Waals surface area contributed by atoms with E-state index in [0.29, 0.717) is 0 Å². The van der Waals surface area contributed by atoms with Crippen molar-refractivity contribution in [3.8, 4) is 0 Å². The summed E-state index contributed by atoms with van der Waals surface area (Å²) in [4.78, 5) is 3.97. The molecule has 50 heavy (non-hydrogen) atoms. The van der Waals surface area contributed by atoms with E-state index in [1.165, 1.54) is 0 Å². The SMILES string of the molecule is CCC1OC(OC2C(CC)OC(OC3C(CC)OC(OCCN=C([O-])OC(C)(C)C)C(C)C3C)C(C)C2C)C(C)C(C)C1Nc1cn(C)nn1. The second kappa shape index (κ2) is 17.7. The molecule has 3 aliphatic heterocycles. The second-order valence-electron chi connectivity index (χ2n) is 15.9. The minimum atomic E-state index is -0.582. The number of hydrogen-bond acceptors (Lipinski definition) is 12. The number of hydrogen-bond donors (Lipinski definition) is 1. The van der Waals surface area contributed by atoms with Crippen molar-refractivity contribution in [2.24, 2.45) is 47.5 Å². The van der Waals surface area contributed by atoms with Crippen molar-refractivity contribution >= 4 is 11.9 Å². The topological polar surface area (TPSA) is 143 Å². The lowest BCUT2D eigenvalue weighted by atomic mass is 9.80. The Kier molecular flexibility index (Phi) is 14.4. The van der Waals surface area contributed by atoms with Crippen molar-refractivity contribution in [1.82, 2.24) is 15.0 Å². The smallest absolute Gasteiger partial charge is 0.168 e. The van der Waals surface area contributed by atoms with Crippen LogP contribution < -0.4 is 10.4 Å². The predicted molar refractivity (Wildman–Crippen MR) is 189 cm³/mol. The van der Waals surface area contributed by atoms with Crippen LogP contribution in [0.2, 0.25) is 0 Å². The Morgan fingerprint density at radius 3 is 1.80 bits per heavy atom. The minimum Gasteiger partial charge on any atom is -0.595 e. The van der Waals surface area contributed by atoms with Crippen LogP contribution in [0, 0.1) is 35.5 Å². The van der Waals surface area contributed by atoms with Crippen molar-refractivity contribution in [3.05, 3.63) is 6.20 Å². The summed E-state index contributed by atoms with van der Waals surface area (Å²) < 4.78 is 46.8. The zero-order chi connectivity index (χ0) is 36.9. The number of rotatable bonds is 13. The molecule has 1 aromatic heterocycles. The third-order valence-electron chi connectivity index (χ3n) is 11.2. The maximum atomic E-state index is 12.0. The van der Waals surface area contributed by atoms with E-state index in [9.17, 15) is 5.11 Å². The molecule has 3 fully saturated rings. The Morgan fingerprint density at radius 2 is 1.30 bits per heavy atom. The molecule has 1 N–H and O–H groups in total. The molecule has 0 spiro atoms. The molecule has 288 valence electrons. The fraction of sp³-hybridized carbons (Fsp3) is 0.919. The van der Waals surface area contributed by atoms with Crippen LogP contribution in [0.25, 0.3) is 0 Å². The number of ether oxygens (including phenoxy) is 7. The molecule has 4 heterocycles. The molecule has 3 saturated heterocycles. The van der Waals surface area contributed by atoms with E-state index in [0.717, 1.165) is 25.1 Å². The molecule has 0 saturated carbocycles. The normalized spacial score (nSPS) is 40.1. The van der Waals surface area contributed by atoms with Crippen LogP contribution in [0.15, 0.2) is 11.2 Å². The molecule has 13 heteroatoms. The highest BCUT2D eigenvalue weighted by atomic mass is 16.7. The van der Waals surface area contributed by atoms with Crippen LogP contribution in [-0.4, -0.2) is 95.3 Å². The average molecular weight is 709 g/mol. The molecule has 15 unspecified atom stereocenters. The van der Waals surface area contributed by atoms with Gasteiger partial charge in [0.05, 0.1) is 55.9 Å². The van der Waals surface area contributed by atoms with Gasteiger partial charge in [-0.3, -0.25) is 9.67 Å². The molecular formula is C37H66N5O8-. The summed E-state index contributed by atoms with van der Waals surface area (Å²) in [6.07, 6.45) is 1.90. The Morgan fingerprint density at radius 1 is 0.800 bits per heavy atom. The van der Waals surface area contributed by atoms with Gasteiger partial charge in [0.15, 0.2) is 24.7 Å². The lowest BCUT2D eigenvalue weighted by Crippen LogP contribution is -2.59. The van der Waals surface area contributed by atoms with Gasteiger partial charge in [-0.1, -0.05) is 88.3 Å². The molecule has 0 aromatic carbocycles. The molecule has 0 amide bonds. The first kappa shape index (κ1) is 40.7. The number of anilines is 1. The number of aromatic nitrogens is 3. The van der Waals surface area contributed by atoms with E-state index < -0.39 is 24.3 Å². The van der Waals surface area contributed by atoms with Crippen molar-refractivity contribution in [3.63, 3.8) is 0 Å². The second-order valence-corrected chi connectivity index (χ2v) is 15.9. The average Bonchev–Trinajstić information content (AvgIpc) is 3.48. The lowest BCUT2D eigenvalue weighted by Gasteiger charge is -2.51. The summed E-state index contributed by atoms with van der Waals surface area (Å²) in [5, 5.41) is 23.9. The van der Waals surface area contributed by atoms with Crippen LogP contribution in [0.3, 0.4) is 0 Å². The van der Waals surface area contributed by atoms with Gasteiger partial charge in [-0.2, -0.15) is 0 Å². The molecule has 15 atom stereocenters. The monoisotopic (exact) mass is 708 g/mol. The van der Waals surface area contributed by atoms with Crippen LogP contribution >= 0.6 is 0 Å². The summed E-state index contributed by atoms with van der Waals surface area (Å²) in [6.45, 7) is 25.6. The molecule has 3 aliphatic rings. The zero-order valence-electron chi connectivity index (χ0n) is 32.8. The maximum Gasteiger partial charge on any atom is 0.168 e. The van der Waals surface area contributed by atoms with E-state index in [2.05, 4.69) is 82.9 Å². The van der Waals surface area contributed by atoms with Gasteiger partial charge in [0.25, 0.3) is 0 Å². The summed E-state index contributed by atoms with van der Waals surface area (Å²) in [5.74, 6) is 1.64. The molecule has 0 radical (unpaired) electrons. The highest BCUT2D eigenvalue weighted by Crippen LogP contribution is 2.42. The maximum absolute atomic E-state index is 12.0. The lowest BCUT2D eigenvalue weighted by molar-refractivity contribution is -0.346. The number of nitrogens with one attached hydrogen (secondary N) is 1. The van der Waals surface area contributed by atoms with Crippen LogP contribution in [0.5, 0.6) is 0 Å². The van der Waals surface area contributed by atoms with Gasteiger partial charge in [0.1, 0.15) is 6.08 Å². The largest absolute Gasteiger partial charge is 0.595 e. The molecule has 13 nitrogen and oxygen atoms in total. The van der Waals surface area contributed by atoms with E-state index >= 15 is 0 Å². The molecule has 0 aliphatic carbocycles. The van der Waals surface area contributed by atoms with Gasteiger partial charge in [0.2, 0.25) is 0 Å². The Balaban J connectivity index is 1.36. The fourth-order valence-electron chi connectivity index (χ4n) is 7.46. The summed E-state index contributed by atoms with van der Waals surface area (Å²) in [7, 11) is 1.87. The Hall–Kier alpha value is -2.03. The zero-order valence-corrected chi connectivity index (χ0v) is 32.8. The summed E-state index contributed by atoms with van der Waals surface area (Å²) in [6, 6.07) is 0.0936. The van der Waals surface area contributed by atoms with Gasteiger partial charge in [-0.05, 0) is 37.0 Å². The summed E-state index contributed by atoms with van der Waals surface area (Å²) in [5.41, 5.74) is -0.579. The third kappa shape index (κ3) is 9.89. The third-order valence-corrected chi connectivity index (χ3v) is 11.2. The van der Waals surface area contributed by atoms with Crippen molar-refractivity contribution in [2.75, 3.05) is 18.5 Å². The van der Waals surface area contributed by atoms with E-state index in [1.807, 2.05) is 34.0 Å². The predicted octanol–water partition coefficient (Wildman–Crippen LogP) is 5.14. The van der Waals surface area contributed by atoms with Crippen LogP contribution in [-0.2, 0) is 40.2 Å². The highest BCUT2D eigenvalue weighted by Gasteiger charge is 2.50. The van der Waals surface area contributed by atoms with Gasteiger partial charge in [0, 0.05) is 30.4 Å². The number of aliphatic imine (C=N–C) groups is 1. The van der Waals surface area contributed by atoms with Crippen molar-refractivity contribution in [2.45, 2.75) is 163 Å². The Labute approximate surface area is 300 Å². The Bertz CT molecular complexity index is 1200. The van der Waals surface area contributed by atoms with Gasteiger partial charge >= 0.3 is 0 Å². The van der Waals surface area contributed by atoms with Gasteiger partial charge in [-0.15, -0.1) is 5.10 Å². The first-order valence-electron chi connectivity index (χ1n) is 19.0. The first-order valence-corrected chi connectivity index (χ1v) is 19.0. The summed E-state index contributed by atoms with van der Waals surface area (Å²) >= 11 is 0. The quantitative estimate of drug-likeness (QED) is 0.165. The molecule has 4 rings (SSSR count). The van der Waals surface area contributed by atoms with Crippen molar-refractivity contribution < 1.29 is 38.3 Å². The number of aryl methyl sites for hydroxylation is 1. The highest BCUT2D eigenvalue weighted by molar-refractivity contribution is 5.62. The molecule has 0 bridgehead atoms. The van der Waals surface area contributed by atoms with E-state index in [4.69, 9.17) is 33.2 Å². The number of nitrogens with zero attached hydrogens (tertiary/aromatic N) is 4.